The zero-order chi connectivity index (χ0) is 33.1. The van der Waals surface area contributed by atoms with E-state index in [0.717, 1.165) is 11.1 Å². The van der Waals surface area contributed by atoms with E-state index in [2.05, 4.69) is 15.8 Å². The number of ether oxygens (including phenoxy) is 1. The number of nitrogens with one attached hydrogen (secondary N) is 2. The molecule has 3 aromatic carbocycles. The molecular weight excluding hydrogens is 648 g/mol. The second kappa shape index (κ2) is 14.0. The average Bonchev–Trinajstić information content (AvgIpc) is 3.83. The SMILES string of the molecule is CCc1cc(OCc2ccccc2)c(F)cc1-c1ccc(C(=N)c2nc3c(n2SF)CN(C(=O)N2CCC(C#N)C2)C3)c(NSF)c1. The summed E-state index contributed by atoms with van der Waals surface area (Å²) in [5, 5.41) is 18.1. The molecule has 1 saturated heterocycles. The van der Waals surface area contributed by atoms with Crippen LogP contribution in [-0.2, 0) is 26.1 Å². The molecule has 2 N–H and O–H groups in total. The number of fused-ring (bicyclic) bond motifs is 1. The Labute approximate surface area is 279 Å². The van der Waals surface area contributed by atoms with Crippen molar-refractivity contribution in [2.24, 2.45) is 5.92 Å². The minimum atomic E-state index is -0.544. The summed E-state index contributed by atoms with van der Waals surface area (Å²) in [4.78, 5) is 20.7. The molecule has 14 heteroatoms. The van der Waals surface area contributed by atoms with Gasteiger partial charge in [0.25, 0.3) is 0 Å². The van der Waals surface area contributed by atoms with E-state index in [-0.39, 0.29) is 84.8 Å². The molecule has 1 fully saturated rings. The van der Waals surface area contributed by atoms with Crippen molar-refractivity contribution in [1.82, 2.24) is 18.8 Å². The molecule has 3 heterocycles. The highest BCUT2D eigenvalue weighted by Gasteiger charge is 2.36. The average molecular weight is 678 g/mol. The van der Waals surface area contributed by atoms with E-state index in [1.54, 1.807) is 34.1 Å². The first-order valence-corrected chi connectivity index (χ1v) is 16.3. The number of hydrogen-bond acceptors (Lipinski definition) is 8. The van der Waals surface area contributed by atoms with E-state index in [0.29, 0.717) is 48.4 Å². The number of nitriles is 1. The molecule has 0 spiro atoms. The van der Waals surface area contributed by atoms with Crippen LogP contribution >= 0.6 is 24.7 Å². The predicted molar refractivity (Wildman–Crippen MR) is 177 cm³/mol. The Balaban J connectivity index is 1.25. The molecule has 1 aromatic heterocycles. The van der Waals surface area contributed by atoms with Crippen LogP contribution in [0.5, 0.6) is 5.75 Å². The topological polar surface area (TPSA) is 110 Å². The van der Waals surface area contributed by atoms with Gasteiger partial charge in [-0.2, -0.15) is 5.26 Å². The standard InChI is InChI=1S/C33H30F3N7O2S2/c1-2-22-13-30(45-19-20-6-4-3-5-7-20)26(34)14-25(22)23-8-9-24(27(12-23)40-46-35)31(38)32-39-28-17-42(18-29(28)43(32)47-36)33(44)41-11-10-21(15-37)16-41/h3-9,12-14,21,38,40H,2,10-11,16-19H2,1H3. The largest absolute Gasteiger partial charge is 0.486 e. The fourth-order valence-corrected chi connectivity index (χ4v) is 6.66. The number of anilines is 1. The Morgan fingerprint density at radius 2 is 1.96 bits per heavy atom. The minimum absolute atomic E-state index is 0.0141. The summed E-state index contributed by atoms with van der Waals surface area (Å²) in [6.07, 6.45) is 1.19. The van der Waals surface area contributed by atoms with Crippen LogP contribution in [-0.4, -0.2) is 43.6 Å². The number of nitrogens with zero attached hydrogens (tertiary/aromatic N) is 5. The quantitative estimate of drug-likeness (QED) is 0.130. The zero-order valence-electron chi connectivity index (χ0n) is 25.3. The third-order valence-electron chi connectivity index (χ3n) is 8.42. The van der Waals surface area contributed by atoms with Crippen molar-refractivity contribution in [3.63, 3.8) is 0 Å². The molecule has 242 valence electrons. The normalized spacial score (nSPS) is 15.4. The fourth-order valence-electron chi connectivity index (χ4n) is 5.97. The lowest BCUT2D eigenvalue weighted by Gasteiger charge is -2.24. The Bertz CT molecular complexity index is 1870. The number of benzene rings is 3. The minimum Gasteiger partial charge on any atom is -0.486 e. The summed E-state index contributed by atoms with van der Waals surface area (Å²) in [6, 6.07) is 19.4. The van der Waals surface area contributed by atoms with Gasteiger partial charge in [0, 0.05) is 18.7 Å². The number of likely N-dealkylation sites (tertiary alicyclic amines) is 1. The van der Waals surface area contributed by atoms with Crippen LogP contribution in [0.25, 0.3) is 11.1 Å². The van der Waals surface area contributed by atoms with Gasteiger partial charge in [-0.1, -0.05) is 43.3 Å². The van der Waals surface area contributed by atoms with Crippen molar-refractivity contribution in [3.8, 4) is 22.9 Å². The molecule has 0 radical (unpaired) electrons. The number of rotatable bonds is 10. The van der Waals surface area contributed by atoms with Gasteiger partial charge in [0.1, 0.15) is 12.3 Å². The van der Waals surface area contributed by atoms with Gasteiger partial charge in [-0.15, -0.1) is 7.77 Å². The van der Waals surface area contributed by atoms with Crippen LogP contribution in [0.3, 0.4) is 0 Å². The lowest BCUT2D eigenvalue weighted by atomic mass is 9.95. The highest BCUT2D eigenvalue weighted by Crippen LogP contribution is 2.36. The number of urea groups is 1. The summed E-state index contributed by atoms with van der Waals surface area (Å²) < 4.78 is 52.8. The van der Waals surface area contributed by atoms with Gasteiger partial charge in [0.05, 0.1) is 42.2 Å². The van der Waals surface area contributed by atoms with E-state index in [4.69, 9.17) is 10.1 Å². The van der Waals surface area contributed by atoms with Crippen LogP contribution < -0.4 is 9.46 Å². The molecule has 9 nitrogen and oxygen atoms in total. The van der Waals surface area contributed by atoms with Crippen molar-refractivity contribution in [3.05, 3.63) is 100 Å². The van der Waals surface area contributed by atoms with E-state index >= 15 is 4.39 Å². The van der Waals surface area contributed by atoms with Crippen LogP contribution in [0.1, 0.15) is 47.2 Å². The summed E-state index contributed by atoms with van der Waals surface area (Å²) >= 11 is -0.284. The first kappa shape index (κ1) is 32.3. The molecule has 0 saturated carbocycles. The number of hydrogen-bond donors (Lipinski definition) is 2. The molecule has 1 atom stereocenters. The Morgan fingerprint density at radius 3 is 2.66 bits per heavy atom. The molecule has 2 aliphatic rings. The van der Waals surface area contributed by atoms with Crippen LogP contribution in [0.2, 0.25) is 0 Å². The van der Waals surface area contributed by atoms with Crippen molar-refractivity contribution in [1.29, 1.82) is 10.7 Å². The number of carbonyl (C=O) groups excluding carboxylic acids is 1. The van der Waals surface area contributed by atoms with E-state index < -0.39 is 5.82 Å². The van der Waals surface area contributed by atoms with Gasteiger partial charge in [-0.25, -0.2) is 18.1 Å². The number of carbonyl (C=O) groups is 1. The summed E-state index contributed by atoms with van der Waals surface area (Å²) in [7, 11) is 0. The second-order valence-electron chi connectivity index (χ2n) is 11.3. The van der Waals surface area contributed by atoms with E-state index in [9.17, 15) is 17.8 Å². The molecule has 1 unspecified atom stereocenters. The van der Waals surface area contributed by atoms with Crippen molar-refractivity contribution in [2.75, 3.05) is 17.8 Å². The maximum atomic E-state index is 15.3. The van der Waals surface area contributed by atoms with Gasteiger partial charge in [0.2, 0.25) is 0 Å². The van der Waals surface area contributed by atoms with Crippen molar-refractivity contribution >= 4 is 42.1 Å². The molecule has 2 amide bonds. The number of amides is 2. The Hall–Kier alpha value is -4.61. The lowest BCUT2D eigenvalue weighted by Crippen LogP contribution is -2.39. The number of aryl methyl sites for hydroxylation is 1. The molecule has 0 bridgehead atoms. The summed E-state index contributed by atoms with van der Waals surface area (Å²) in [6.45, 7) is 3.22. The van der Waals surface area contributed by atoms with Gasteiger partial charge in [-0.05, 0) is 59.4 Å². The maximum Gasteiger partial charge on any atom is 0.320 e. The first-order chi connectivity index (χ1) is 22.8. The van der Waals surface area contributed by atoms with Crippen LogP contribution in [0, 0.1) is 28.5 Å². The third-order valence-corrected chi connectivity index (χ3v) is 9.25. The van der Waals surface area contributed by atoms with Gasteiger partial charge < -0.3 is 19.3 Å². The zero-order valence-corrected chi connectivity index (χ0v) is 26.9. The number of halogens is 3. The number of imidazole rings is 1. The molecule has 2 aliphatic heterocycles. The highest BCUT2D eigenvalue weighted by atomic mass is 32.2. The molecule has 4 aromatic rings. The number of aromatic nitrogens is 2. The van der Waals surface area contributed by atoms with Crippen molar-refractivity contribution in [2.45, 2.75) is 39.5 Å². The van der Waals surface area contributed by atoms with Crippen LogP contribution in [0.15, 0.2) is 60.7 Å². The maximum absolute atomic E-state index is 15.3. The van der Waals surface area contributed by atoms with Gasteiger partial charge in [-0.3, -0.25) is 5.41 Å². The summed E-state index contributed by atoms with van der Waals surface area (Å²) in [5.74, 6) is -0.605. The highest BCUT2D eigenvalue weighted by molar-refractivity contribution is 7.95. The van der Waals surface area contributed by atoms with Crippen LogP contribution in [0.4, 0.5) is 22.6 Å². The summed E-state index contributed by atoms with van der Waals surface area (Å²) in [5.41, 5.74) is 4.13. The molecule has 6 rings (SSSR count). The second-order valence-corrected chi connectivity index (χ2v) is 12.1. The smallest absolute Gasteiger partial charge is 0.320 e. The third kappa shape index (κ3) is 6.50. The molecule has 47 heavy (non-hydrogen) atoms. The van der Waals surface area contributed by atoms with Gasteiger partial charge in [0.15, 0.2) is 42.1 Å². The Kier molecular flexibility index (Phi) is 9.65. The fraction of sp³-hybridized carbons (Fsp3) is 0.273. The van der Waals surface area contributed by atoms with Gasteiger partial charge >= 0.3 is 6.03 Å². The van der Waals surface area contributed by atoms with E-state index in [1.807, 2.05) is 37.3 Å². The molecular formula is C33H30F3N7O2S2. The van der Waals surface area contributed by atoms with Crippen molar-refractivity contribution < 1.29 is 21.7 Å². The van der Waals surface area contributed by atoms with E-state index in [1.165, 1.54) is 10.0 Å². The Morgan fingerprint density at radius 1 is 1.15 bits per heavy atom. The lowest BCUT2D eigenvalue weighted by molar-refractivity contribution is 0.161. The first-order valence-electron chi connectivity index (χ1n) is 14.9. The molecule has 0 aliphatic carbocycles. The predicted octanol–water partition coefficient (Wildman–Crippen LogP) is 7.85. The monoisotopic (exact) mass is 677 g/mol.